The van der Waals surface area contributed by atoms with Gasteiger partial charge >= 0.3 is 5.97 Å². The third-order valence-electron chi connectivity index (χ3n) is 3.53. The minimum atomic E-state index is -0.826. The van der Waals surface area contributed by atoms with E-state index in [1.807, 2.05) is 0 Å². The van der Waals surface area contributed by atoms with Crippen molar-refractivity contribution < 1.29 is 9.90 Å². The van der Waals surface area contributed by atoms with Crippen LogP contribution in [-0.4, -0.2) is 31.6 Å². The summed E-state index contributed by atoms with van der Waals surface area (Å²) in [6.45, 7) is 2.90. The third kappa shape index (κ3) is 3.29. The molecule has 1 fully saturated rings. The monoisotopic (exact) mass is 323 g/mol. The minimum absolute atomic E-state index is 0.0217. The number of thioether (sulfide) groups is 1. The molecule has 2 aromatic rings. The fraction of sp³-hybridized carbons (Fsp3) is 0.500. The molecule has 1 aliphatic rings. The summed E-state index contributed by atoms with van der Waals surface area (Å²) < 4.78 is 2.11. The first-order chi connectivity index (χ1) is 10.2. The van der Waals surface area contributed by atoms with Crippen LogP contribution in [-0.2, 0) is 17.8 Å². The SMILES string of the molecule is CCc1ccsc1Cn1c(SCC(=O)O)nnc1C1CC1. The summed E-state index contributed by atoms with van der Waals surface area (Å²) >= 11 is 3.00. The van der Waals surface area contributed by atoms with Gasteiger partial charge in [-0.05, 0) is 36.3 Å². The zero-order chi connectivity index (χ0) is 14.8. The van der Waals surface area contributed by atoms with Gasteiger partial charge in [-0.3, -0.25) is 4.79 Å². The van der Waals surface area contributed by atoms with Crippen LogP contribution in [0.15, 0.2) is 16.6 Å². The fourth-order valence-corrected chi connectivity index (χ4v) is 3.92. The summed E-state index contributed by atoms with van der Waals surface area (Å²) in [5.74, 6) is 0.710. The number of carbonyl (C=O) groups is 1. The Hall–Kier alpha value is -1.34. The standard InChI is InChI=1S/C14H17N3O2S2/c1-2-9-5-6-20-11(9)7-17-13(10-3-4-10)15-16-14(17)21-8-12(18)19/h5-6,10H,2-4,7-8H2,1H3,(H,18,19). The number of aromatic nitrogens is 3. The zero-order valence-electron chi connectivity index (χ0n) is 11.8. The molecule has 1 N–H and O–H groups in total. The number of rotatable bonds is 7. The van der Waals surface area contributed by atoms with E-state index in [4.69, 9.17) is 5.11 Å². The van der Waals surface area contributed by atoms with Crippen LogP contribution in [0.1, 0.15) is 41.9 Å². The molecule has 2 heterocycles. The maximum atomic E-state index is 10.8. The second-order valence-corrected chi connectivity index (χ2v) is 7.05. The van der Waals surface area contributed by atoms with Gasteiger partial charge < -0.3 is 9.67 Å². The topological polar surface area (TPSA) is 68.0 Å². The summed E-state index contributed by atoms with van der Waals surface area (Å²) in [7, 11) is 0. The van der Waals surface area contributed by atoms with E-state index < -0.39 is 5.97 Å². The predicted octanol–water partition coefficient (Wildman–Crippen LogP) is 3.00. The maximum absolute atomic E-state index is 10.8. The number of aryl methyl sites for hydroxylation is 1. The van der Waals surface area contributed by atoms with Gasteiger partial charge in [0.05, 0.1) is 12.3 Å². The van der Waals surface area contributed by atoms with Gasteiger partial charge in [-0.25, -0.2) is 0 Å². The quantitative estimate of drug-likeness (QED) is 0.793. The molecule has 0 aliphatic heterocycles. The van der Waals surface area contributed by atoms with E-state index in [9.17, 15) is 4.79 Å². The van der Waals surface area contributed by atoms with E-state index in [2.05, 4.69) is 33.1 Å². The largest absolute Gasteiger partial charge is 0.481 e. The summed E-state index contributed by atoms with van der Waals surface area (Å²) in [5, 5.41) is 20.2. The molecular weight excluding hydrogens is 306 g/mol. The molecule has 0 amide bonds. The number of hydrogen-bond donors (Lipinski definition) is 1. The van der Waals surface area contributed by atoms with Crippen molar-refractivity contribution in [2.45, 2.75) is 43.8 Å². The highest BCUT2D eigenvalue weighted by molar-refractivity contribution is 7.99. The lowest BCUT2D eigenvalue weighted by molar-refractivity contribution is -0.133. The Bertz CT molecular complexity index is 646. The average Bonchev–Trinajstić information content (AvgIpc) is 3.08. The molecule has 0 bridgehead atoms. The number of aliphatic carboxylic acids is 1. The lowest BCUT2D eigenvalue weighted by Crippen LogP contribution is -2.07. The van der Waals surface area contributed by atoms with Crippen LogP contribution >= 0.6 is 23.1 Å². The molecule has 112 valence electrons. The Morgan fingerprint density at radius 3 is 3.00 bits per heavy atom. The number of hydrogen-bond acceptors (Lipinski definition) is 5. The van der Waals surface area contributed by atoms with E-state index in [-0.39, 0.29) is 5.75 Å². The average molecular weight is 323 g/mol. The first-order valence-electron chi connectivity index (χ1n) is 7.02. The van der Waals surface area contributed by atoms with Crippen molar-refractivity contribution in [3.05, 3.63) is 27.7 Å². The summed E-state index contributed by atoms with van der Waals surface area (Å²) in [6, 6.07) is 2.16. The van der Waals surface area contributed by atoms with E-state index in [0.717, 1.165) is 36.8 Å². The molecule has 5 nitrogen and oxygen atoms in total. The first-order valence-corrected chi connectivity index (χ1v) is 8.88. The van der Waals surface area contributed by atoms with Gasteiger partial charge in [-0.2, -0.15) is 0 Å². The lowest BCUT2D eigenvalue weighted by Gasteiger charge is -2.09. The van der Waals surface area contributed by atoms with Gasteiger partial charge in [0.25, 0.3) is 0 Å². The molecule has 0 saturated heterocycles. The van der Waals surface area contributed by atoms with Gasteiger partial charge in [0.2, 0.25) is 0 Å². The molecule has 0 radical (unpaired) electrons. The molecule has 0 unspecified atom stereocenters. The minimum Gasteiger partial charge on any atom is -0.481 e. The van der Waals surface area contributed by atoms with E-state index in [1.165, 1.54) is 22.2 Å². The Kier molecular flexibility index (Phi) is 4.30. The van der Waals surface area contributed by atoms with Crippen molar-refractivity contribution in [2.24, 2.45) is 0 Å². The van der Waals surface area contributed by atoms with Crippen LogP contribution in [0.3, 0.4) is 0 Å². The highest BCUT2D eigenvalue weighted by Gasteiger charge is 2.30. The maximum Gasteiger partial charge on any atom is 0.313 e. The van der Waals surface area contributed by atoms with E-state index in [1.54, 1.807) is 11.3 Å². The Morgan fingerprint density at radius 2 is 2.33 bits per heavy atom. The predicted molar refractivity (Wildman–Crippen MR) is 83.2 cm³/mol. The van der Waals surface area contributed by atoms with Crippen LogP contribution in [0.2, 0.25) is 0 Å². The smallest absolute Gasteiger partial charge is 0.313 e. The molecular formula is C14H17N3O2S2. The number of thiophene rings is 1. The third-order valence-corrected chi connectivity index (χ3v) is 5.43. The van der Waals surface area contributed by atoms with Gasteiger partial charge in [0, 0.05) is 10.8 Å². The number of carboxylic acid groups (broad SMARTS) is 1. The van der Waals surface area contributed by atoms with Crippen molar-refractivity contribution in [2.75, 3.05) is 5.75 Å². The molecule has 1 aliphatic carbocycles. The zero-order valence-corrected chi connectivity index (χ0v) is 13.4. The van der Waals surface area contributed by atoms with Crippen LogP contribution in [0, 0.1) is 0 Å². The summed E-state index contributed by atoms with van der Waals surface area (Å²) in [5.41, 5.74) is 1.35. The van der Waals surface area contributed by atoms with Crippen LogP contribution in [0.5, 0.6) is 0 Å². The second-order valence-electron chi connectivity index (χ2n) is 5.11. The second kappa shape index (κ2) is 6.19. The molecule has 3 rings (SSSR count). The molecule has 0 spiro atoms. The van der Waals surface area contributed by atoms with Crippen molar-refractivity contribution in [1.29, 1.82) is 0 Å². The van der Waals surface area contributed by atoms with Crippen molar-refractivity contribution >= 4 is 29.1 Å². The van der Waals surface area contributed by atoms with Crippen LogP contribution in [0.4, 0.5) is 0 Å². The summed E-state index contributed by atoms with van der Waals surface area (Å²) in [4.78, 5) is 12.1. The Morgan fingerprint density at radius 1 is 1.52 bits per heavy atom. The number of nitrogens with zero attached hydrogens (tertiary/aromatic N) is 3. The molecule has 0 aromatic carbocycles. The first kappa shape index (κ1) is 14.6. The molecule has 7 heteroatoms. The number of carboxylic acids is 1. The van der Waals surface area contributed by atoms with E-state index >= 15 is 0 Å². The molecule has 1 saturated carbocycles. The molecule has 0 atom stereocenters. The lowest BCUT2D eigenvalue weighted by atomic mass is 10.2. The highest BCUT2D eigenvalue weighted by Crippen LogP contribution is 2.40. The normalized spacial score (nSPS) is 14.5. The molecule has 21 heavy (non-hydrogen) atoms. The van der Waals surface area contributed by atoms with Crippen LogP contribution in [0.25, 0.3) is 0 Å². The highest BCUT2D eigenvalue weighted by atomic mass is 32.2. The van der Waals surface area contributed by atoms with Crippen LogP contribution < -0.4 is 0 Å². The van der Waals surface area contributed by atoms with Gasteiger partial charge in [0.1, 0.15) is 5.82 Å². The van der Waals surface area contributed by atoms with Crippen molar-refractivity contribution in [3.63, 3.8) is 0 Å². The van der Waals surface area contributed by atoms with Gasteiger partial charge in [-0.1, -0.05) is 18.7 Å². The Balaban J connectivity index is 1.87. The van der Waals surface area contributed by atoms with Gasteiger partial charge in [0.15, 0.2) is 5.16 Å². The van der Waals surface area contributed by atoms with Gasteiger partial charge in [-0.15, -0.1) is 21.5 Å². The summed E-state index contributed by atoms with van der Waals surface area (Å²) in [6.07, 6.45) is 3.33. The molecule has 2 aromatic heterocycles. The van der Waals surface area contributed by atoms with Crippen molar-refractivity contribution in [3.8, 4) is 0 Å². The van der Waals surface area contributed by atoms with Crippen molar-refractivity contribution in [1.82, 2.24) is 14.8 Å². The fourth-order valence-electron chi connectivity index (χ4n) is 2.29. The van der Waals surface area contributed by atoms with E-state index in [0.29, 0.717) is 5.92 Å². The Labute approximate surface area is 131 Å².